The third-order valence-corrected chi connectivity index (χ3v) is 4.24. The molecule has 1 aliphatic heterocycles. The number of piperidine rings is 1. The number of rotatable bonds is 10. The Labute approximate surface area is 149 Å². The third kappa shape index (κ3) is 10.5. The molecule has 5 nitrogen and oxygen atoms in total. The lowest BCUT2D eigenvalue weighted by molar-refractivity contribution is -0.173. The maximum Gasteiger partial charge on any atom is 0.411 e. The molecule has 0 aromatic carbocycles. The predicted octanol–water partition coefficient (Wildman–Crippen LogP) is 2.78. The standard InChI is InChI=1S/C17H33F3N4O/c1-3-15-8-5-6-11-24(15)12-10-23-16(21-4-2)22-9-7-13-25-14-17(18,19)20/h15H,3-14H2,1-2H3,(H2,21,22,23). The first-order chi connectivity index (χ1) is 12.0. The van der Waals surface area contributed by atoms with Crippen LogP contribution in [0.15, 0.2) is 4.99 Å². The Bertz CT molecular complexity index is 377. The van der Waals surface area contributed by atoms with Gasteiger partial charge in [-0.05, 0) is 39.2 Å². The van der Waals surface area contributed by atoms with Crippen LogP contribution in [0.4, 0.5) is 13.2 Å². The molecule has 1 aliphatic rings. The fourth-order valence-corrected chi connectivity index (χ4v) is 3.02. The minimum absolute atomic E-state index is 0.0639. The maximum absolute atomic E-state index is 12.0. The number of hydrogen-bond acceptors (Lipinski definition) is 3. The van der Waals surface area contributed by atoms with Crippen LogP contribution in [0.3, 0.4) is 0 Å². The lowest BCUT2D eigenvalue weighted by Gasteiger charge is -2.35. The van der Waals surface area contributed by atoms with Crippen molar-refractivity contribution < 1.29 is 17.9 Å². The van der Waals surface area contributed by atoms with Crippen molar-refractivity contribution in [2.45, 2.75) is 58.2 Å². The second-order valence-electron chi connectivity index (χ2n) is 6.30. The second-order valence-corrected chi connectivity index (χ2v) is 6.30. The molecule has 1 atom stereocenters. The minimum Gasteiger partial charge on any atom is -0.372 e. The highest BCUT2D eigenvalue weighted by Crippen LogP contribution is 2.18. The quantitative estimate of drug-likeness (QED) is 0.355. The van der Waals surface area contributed by atoms with E-state index in [2.05, 4.69) is 32.2 Å². The van der Waals surface area contributed by atoms with Crippen LogP contribution in [0, 0.1) is 0 Å². The molecular formula is C17H33F3N4O. The molecule has 1 saturated heterocycles. The van der Waals surface area contributed by atoms with Gasteiger partial charge in [-0.3, -0.25) is 9.89 Å². The van der Waals surface area contributed by atoms with Crippen molar-refractivity contribution in [2.75, 3.05) is 45.9 Å². The van der Waals surface area contributed by atoms with Crippen molar-refractivity contribution in [1.29, 1.82) is 0 Å². The summed E-state index contributed by atoms with van der Waals surface area (Å²) < 4.78 is 40.5. The molecule has 0 aromatic rings. The Balaban J connectivity index is 2.23. The lowest BCUT2D eigenvalue weighted by Crippen LogP contribution is -2.46. The molecule has 25 heavy (non-hydrogen) atoms. The summed E-state index contributed by atoms with van der Waals surface area (Å²) >= 11 is 0. The Morgan fingerprint density at radius 3 is 2.72 bits per heavy atom. The van der Waals surface area contributed by atoms with Crippen LogP contribution in [0.2, 0.25) is 0 Å². The first kappa shape index (κ1) is 22.0. The Morgan fingerprint density at radius 2 is 2.04 bits per heavy atom. The predicted molar refractivity (Wildman–Crippen MR) is 95.0 cm³/mol. The minimum atomic E-state index is -4.26. The number of ether oxygens (including phenoxy) is 1. The Kier molecular flexibility index (Phi) is 10.9. The molecular weight excluding hydrogens is 333 g/mol. The maximum atomic E-state index is 12.0. The summed E-state index contributed by atoms with van der Waals surface area (Å²) in [4.78, 5) is 6.92. The van der Waals surface area contributed by atoms with Crippen molar-refractivity contribution in [3.63, 3.8) is 0 Å². The van der Waals surface area contributed by atoms with Gasteiger partial charge in [-0.25, -0.2) is 0 Å². The largest absolute Gasteiger partial charge is 0.411 e. The van der Waals surface area contributed by atoms with Gasteiger partial charge in [-0.2, -0.15) is 13.2 Å². The number of guanidine groups is 1. The molecule has 0 amide bonds. The van der Waals surface area contributed by atoms with E-state index >= 15 is 0 Å². The van der Waals surface area contributed by atoms with Crippen LogP contribution in [0.25, 0.3) is 0 Å². The number of likely N-dealkylation sites (tertiary alicyclic amines) is 1. The number of nitrogens with one attached hydrogen (secondary N) is 2. The molecule has 0 aromatic heterocycles. The van der Waals surface area contributed by atoms with Gasteiger partial charge < -0.3 is 15.4 Å². The molecule has 0 saturated carbocycles. The monoisotopic (exact) mass is 366 g/mol. The summed E-state index contributed by atoms with van der Waals surface area (Å²) in [5.74, 6) is 0.711. The lowest BCUT2D eigenvalue weighted by atomic mass is 10.0. The molecule has 1 heterocycles. The average molecular weight is 366 g/mol. The van der Waals surface area contributed by atoms with Crippen molar-refractivity contribution in [1.82, 2.24) is 15.5 Å². The van der Waals surface area contributed by atoms with Gasteiger partial charge in [0.2, 0.25) is 0 Å². The SMILES string of the molecule is CCNC(=NCCCOCC(F)(F)F)NCCN1CCCCC1CC. The summed E-state index contributed by atoms with van der Waals surface area (Å²) in [6, 6.07) is 0.681. The van der Waals surface area contributed by atoms with Gasteiger partial charge in [-0.1, -0.05) is 13.3 Å². The number of alkyl halides is 3. The van der Waals surface area contributed by atoms with Gasteiger partial charge >= 0.3 is 6.18 Å². The number of nitrogens with zero attached hydrogens (tertiary/aromatic N) is 2. The zero-order valence-electron chi connectivity index (χ0n) is 15.5. The third-order valence-electron chi connectivity index (χ3n) is 4.24. The normalized spacial score (nSPS) is 19.9. The van der Waals surface area contributed by atoms with E-state index in [1.165, 1.54) is 25.7 Å². The topological polar surface area (TPSA) is 48.9 Å². The van der Waals surface area contributed by atoms with Crippen molar-refractivity contribution in [3.8, 4) is 0 Å². The van der Waals surface area contributed by atoms with Gasteiger partial charge in [-0.15, -0.1) is 0 Å². The van der Waals surface area contributed by atoms with Crippen molar-refractivity contribution in [3.05, 3.63) is 0 Å². The fraction of sp³-hybridized carbons (Fsp3) is 0.941. The molecule has 8 heteroatoms. The molecule has 0 bridgehead atoms. The zero-order chi connectivity index (χ0) is 18.5. The number of hydrogen-bond donors (Lipinski definition) is 2. The van der Waals surface area contributed by atoms with Crippen LogP contribution in [-0.2, 0) is 4.74 Å². The Morgan fingerprint density at radius 1 is 1.24 bits per heavy atom. The molecule has 0 radical (unpaired) electrons. The van der Waals surface area contributed by atoms with Gasteiger partial charge in [0.15, 0.2) is 5.96 Å². The number of aliphatic imine (C=N–C) groups is 1. The molecule has 0 aliphatic carbocycles. The van der Waals surface area contributed by atoms with Gasteiger partial charge in [0.05, 0.1) is 0 Å². The fourth-order valence-electron chi connectivity index (χ4n) is 3.02. The van der Waals surface area contributed by atoms with Crippen LogP contribution in [0.1, 0.15) is 46.0 Å². The van der Waals surface area contributed by atoms with E-state index in [0.29, 0.717) is 25.0 Å². The van der Waals surface area contributed by atoms with E-state index in [1.54, 1.807) is 0 Å². The smallest absolute Gasteiger partial charge is 0.372 e. The average Bonchev–Trinajstić information content (AvgIpc) is 2.57. The molecule has 1 rings (SSSR count). The van der Waals surface area contributed by atoms with Crippen LogP contribution >= 0.6 is 0 Å². The first-order valence-corrected chi connectivity index (χ1v) is 9.37. The summed E-state index contributed by atoms with van der Waals surface area (Å²) in [6.45, 7) is 7.24. The second kappa shape index (κ2) is 12.4. The van der Waals surface area contributed by atoms with E-state index in [9.17, 15) is 13.2 Å². The highest BCUT2D eigenvalue weighted by atomic mass is 19.4. The van der Waals surface area contributed by atoms with Crippen LogP contribution in [-0.4, -0.2) is 69.0 Å². The molecule has 1 unspecified atom stereocenters. The first-order valence-electron chi connectivity index (χ1n) is 9.37. The summed E-state index contributed by atoms with van der Waals surface area (Å²) in [6.07, 6.45) is 1.27. The van der Waals surface area contributed by atoms with Gasteiger partial charge in [0.25, 0.3) is 0 Å². The van der Waals surface area contributed by atoms with Crippen molar-refractivity contribution in [2.24, 2.45) is 4.99 Å². The summed E-state index contributed by atoms with van der Waals surface area (Å²) in [5.41, 5.74) is 0. The van der Waals surface area contributed by atoms with Gasteiger partial charge in [0, 0.05) is 38.8 Å². The molecule has 2 N–H and O–H groups in total. The van der Waals surface area contributed by atoms with Crippen LogP contribution in [0.5, 0.6) is 0 Å². The van der Waals surface area contributed by atoms with Crippen LogP contribution < -0.4 is 10.6 Å². The highest BCUT2D eigenvalue weighted by Gasteiger charge is 2.27. The molecule has 1 fully saturated rings. The van der Waals surface area contributed by atoms with Gasteiger partial charge in [0.1, 0.15) is 6.61 Å². The molecule has 0 spiro atoms. The zero-order valence-corrected chi connectivity index (χ0v) is 15.5. The van der Waals surface area contributed by atoms with E-state index < -0.39 is 12.8 Å². The van der Waals surface area contributed by atoms with E-state index in [4.69, 9.17) is 0 Å². The number of halogens is 3. The molecule has 148 valence electrons. The Hall–Kier alpha value is -1.02. The summed E-state index contributed by atoms with van der Waals surface area (Å²) in [5, 5.41) is 6.46. The van der Waals surface area contributed by atoms with E-state index in [1.807, 2.05) is 6.92 Å². The highest BCUT2D eigenvalue weighted by molar-refractivity contribution is 5.79. The van der Waals surface area contributed by atoms with E-state index in [0.717, 1.165) is 26.2 Å². The summed E-state index contributed by atoms with van der Waals surface area (Å²) in [7, 11) is 0. The van der Waals surface area contributed by atoms with Crippen molar-refractivity contribution >= 4 is 5.96 Å². The van der Waals surface area contributed by atoms with E-state index in [-0.39, 0.29) is 6.61 Å².